The summed E-state index contributed by atoms with van der Waals surface area (Å²) < 4.78 is 1.15. The van der Waals surface area contributed by atoms with Crippen LogP contribution >= 0.6 is 11.3 Å². The van der Waals surface area contributed by atoms with Gasteiger partial charge in [-0.2, -0.15) is 0 Å². The molecular formula is C18H17N3O3S. The number of allylic oxidation sites excluding steroid dienone is 1. The van der Waals surface area contributed by atoms with E-state index in [0.29, 0.717) is 4.88 Å². The summed E-state index contributed by atoms with van der Waals surface area (Å²) in [5.74, 6) is -0.285. The minimum Gasteiger partial charge on any atom is -0.493 e. The molecule has 128 valence electrons. The van der Waals surface area contributed by atoms with Crippen LogP contribution in [0.25, 0.3) is 11.6 Å². The summed E-state index contributed by atoms with van der Waals surface area (Å²) in [6, 6.07) is 7.69. The van der Waals surface area contributed by atoms with Crippen molar-refractivity contribution in [3.05, 3.63) is 44.4 Å². The molecule has 0 bridgehead atoms. The SMILES string of the molecule is O=C(Cn1c(O)c(/C=C2/C=Nc3ccccc32)sc1=O)N1CCCC1. The Balaban J connectivity index is 1.63. The highest BCUT2D eigenvalue weighted by molar-refractivity contribution is 7.10. The molecule has 3 heterocycles. The molecule has 7 heteroatoms. The quantitative estimate of drug-likeness (QED) is 0.919. The molecule has 0 unspecified atom stereocenters. The lowest BCUT2D eigenvalue weighted by molar-refractivity contribution is -0.130. The Morgan fingerprint density at radius 2 is 2.04 bits per heavy atom. The van der Waals surface area contributed by atoms with E-state index in [1.54, 1.807) is 17.2 Å². The van der Waals surface area contributed by atoms with Gasteiger partial charge in [0.1, 0.15) is 6.54 Å². The van der Waals surface area contributed by atoms with Crippen LogP contribution in [0.5, 0.6) is 5.88 Å². The molecule has 0 atom stereocenters. The first kappa shape index (κ1) is 15.8. The standard InChI is InChI=1S/C18H17N3O3S/c22-16(20-7-3-4-8-20)11-21-17(23)15(25-18(21)24)9-12-10-19-14-6-2-1-5-13(12)14/h1-2,5-6,9-10,23H,3-4,7-8,11H2/b12-9-. The fourth-order valence-corrected chi connectivity index (χ4v) is 3.98. The Morgan fingerprint density at radius 1 is 1.28 bits per heavy atom. The van der Waals surface area contributed by atoms with E-state index >= 15 is 0 Å². The van der Waals surface area contributed by atoms with Crippen molar-refractivity contribution in [3.8, 4) is 5.88 Å². The number of amides is 1. The number of hydrogen-bond acceptors (Lipinski definition) is 5. The van der Waals surface area contributed by atoms with Crippen molar-refractivity contribution in [1.29, 1.82) is 0 Å². The van der Waals surface area contributed by atoms with Crippen molar-refractivity contribution in [3.63, 3.8) is 0 Å². The summed E-state index contributed by atoms with van der Waals surface area (Å²) in [5.41, 5.74) is 2.66. The summed E-state index contributed by atoms with van der Waals surface area (Å²) in [4.78, 5) is 30.6. The predicted molar refractivity (Wildman–Crippen MR) is 98.5 cm³/mol. The number of carbonyl (C=O) groups is 1. The molecule has 1 N–H and O–H groups in total. The van der Waals surface area contributed by atoms with Gasteiger partial charge in [0, 0.05) is 30.4 Å². The van der Waals surface area contributed by atoms with Crippen molar-refractivity contribution in [2.75, 3.05) is 13.1 Å². The van der Waals surface area contributed by atoms with E-state index in [1.807, 2.05) is 24.3 Å². The van der Waals surface area contributed by atoms with Crippen LogP contribution in [0.3, 0.4) is 0 Å². The summed E-state index contributed by atoms with van der Waals surface area (Å²) >= 11 is 0.936. The van der Waals surface area contributed by atoms with Crippen molar-refractivity contribution in [1.82, 2.24) is 9.47 Å². The van der Waals surface area contributed by atoms with Gasteiger partial charge in [0.2, 0.25) is 11.8 Å². The third-order valence-electron chi connectivity index (χ3n) is 4.49. The summed E-state index contributed by atoms with van der Waals surface area (Å²) in [7, 11) is 0. The van der Waals surface area contributed by atoms with Gasteiger partial charge in [-0.1, -0.05) is 29.5 Å². The fourth-order valence-electron chi connectivity index (χ4n) is 3.14. The van der Waals surface area contributed by atoms with Crippen LogP contribution in [-0.2, 0) is 11.3 Å². The van der Waals surface area contributed by atoms with Gasteiger partial charge in [-0.05, 0) is 25.0 Å². The van der Waals surface area contributed by atoms with E-state index in [1.165, 1.54) is 0 Å². The molecule has 0 saturated carbocycles. The number of fused-ring (bicyclic) bond motifs is 1. The average molecular weight is 355 g/mol. The van der Waals surface area contributed by atoms with Crippen LogP contribution in [-0.4, -0.2) is 39.8 Å². The van der Waals surface area contributed by atoms with Crippen molar-refractivity contribution in [2.45, 2.75) is 19.4 Å². The number of aliphatic imine (C=N–C) groups is 1. The Labute approximate surface area is 148 Å². The van der Waals surface area contributed by atoms with E-state index < -0.39 is 0 Å². The zero-order valence-electron chi connectivity index (χ0n) is 13.5. The highest BCUT2D eigenvalue weighted by Crippen LogP contribution is 2.34. The van der Waals surface area contributed by atoms with Crippen LogP contribution in [0, 0.1) is 0 Å². The van der Waals surface area contributed by atoms with Gasteiger partial charge in [0.15, 0.2) is 0 Å². The smallest absolute Gasteiger partial charge is 0.311 e. The minimum absolute atomic E-state index is 0.116. The molecule has 6 nitrogen and oxygen atoms in total. The predicted octanol–water partition coefficient (Wildman–Crippen LogP) is 2.49. The monoisotopic (exact) mass is 355 g/mol. The van der Waals surface area contributed by atoms with E-state index in [0.717, 1.165) is 58.7 Å². The average Bonchev–Trinajstić information content (AvgIpc) is 3.33. The zero-order valence-corrected chi connectivity index (χ0v) is 14.3. The number of aromatic nitrogens is 1. The summed E-state index contributed by atoms with van der Waals surface area (Å²) in [6.07, 6.45) is 5.44. The van der Waals surface area contributed by atoms with Crippen LogP contribution in [0.1, 0.15) is 23.3 Å². The lowest BCUT2D eigenvalue weighted by atomic mass is 10.1. The van der Waals surface area contributed by atoms with Gasteiger partial charge < -0.3 is 10.0 Å². The normalized spacial score (nSPS) is 17.4. The first-order chi connectivity index (χ1) is 12.1. The molecule has 25 heavy (non-hydrogen) atoms. The van der Waals surface area contributed by atoms with Crippen LogP contribution in [0.4, 0.5) is 5.69 Å². The second kappa shape index (κ2) is 6.33. The van der Waals surface area contributed by atoms with Crippen LogP contribution in [0.2, 0.25) is 0 Å². The van der Waals surface area contributed by atoms with Crippen LogP contribution < -0.4 is 4.87 Å². The van der Waals surface area contributed by atoms with Gasteiger partial charge >= 0.3 is 4.87 Å². The van der Waals surface area contributed by atoms with Crippen molar-refractivity contribution in [2.24, 2.45) is 4.99 Å². The fraction of sp³-hybridized carbons (Fsp3) is 0.278. The third kappa shape index (κ3) is 2.91. The number of benzene rings is 1. The number of aromatic hydroxyl groups is 1. The van der Waals surface area contributed by atoms with E-state index in [2.05, 4.69) is 4.99 Å². The zero-order chi connectivity index (χ0) is 17.4. The number of thiazole rings is 1. The molecule has 1 amide bonds. The second-order valence-electron chi connectivity index (χ2n) is 6.10. The topological polar surface area (TPSA) is 74.9 Å². The molecule has 0 spiro atoms. The molecule has 2 aliphatic heterocycles. The van der Waals surface area contributed by atoms with E-state index in [4.69, 9.17) is 0 Å². The third-order valence-corrected chi connectivity index (χ3v) is 5.41. The molecule has 4 rings (SSSR count). The number of carbonyl (C=O) groups excluding carboxylic acids is 1. The highest BCUT2D eigenvalue weighted by atomic mass is 32.1. The Hall–Kier alpha value is -2.67. The number of para-hydroxylation sites is 1. The molecule has 1 aromatic heterocycles. The molecular weight excluding hydrogens is 338 g/mol. The molecule has 1 aromatic carbocycles. The second-order valence-corrected chi connectivity index (χ2v) is 7.10. The Bertz CT molecular complexity index is 949. The number of rotatable bonds is 3. The first-order valence-corrected chi connectivity index (χ1v) is 9.00. The largest absolute Gasteiger partial charge is 0.493 e. The van der Waals surface area contributed by atoms with Gasteiger partial charge in [0.25, 0.3) is 0 Å². The van der Waals surface area contributed by atoms with Gasteiger partial charge in [-0.25, -0.2) is 0 Å². The first-order valence-electron chi connectivity index (χ1n) is 8.19. The maximum Gasteiger partial charge on any atom is 0.311 e. The van der Waals surface area contributed by atoms with Gasteiger partial charge in [-0.3, -0.25) is 19.1 Å². The van der Waals surface area contributed by atoms with Gasteiger partial charge in [-0.15, -0.1) is 0 Å². The van der Waals surface area contributed by atoms with Gasteiger partial charge in [0.05, 0.1) is 10.6 Å². The minimum atomic E-state index is -0.333. The Morgan fingerprint density at radius 3 is 2.84 bits per heavy atom. The molecule has 2 aliphatic rings. The Kier molecular flexibility index (Phi) is 4.01. The molecule has 0 radical (unpaired) electrons. The molecule has 0 aliphatic carbocycles. The lowest BCUT2D eigenvalue weighted by Gasteiger charge is -2.15. The lowest BCUT2D eigenvalue weighted by Crippen LogP contribution is -2.33. The maximum atomic E-state index is 12.3. The molecule has 1 fully saturated rings. The molecule has 1 saturated heterocycles. The van der Waals surface area contributed by atoms with Crippen molar-refractivity contribution < 1.29 is 9.90 Å². The summed E-state index contributed by atoms with van der Waals surface area (Å²) in [6.45, 7) is 1.33. The highest BCUT2D eigenvalue weighted by Gasteiger charge is 2.22. The van der Waals surface area contributed by atoms with E-state index in [9.17, 15) is 14.7 Å². The van der Waals surface area contributed by atoms with Crippen LogP contribution in [0.15, 0.2) is 34.1 Å². The van der Waals surface area contributed by atoms with Crippen molar-refractivity contribution >= 4 is 40.8 Å². The van der Waals surface area contributed by atoms with E-state index in [-0.39, 0.29) is 23.2 Å². The number of hydrogen-bond donors (Lipinski definition) is 1. The number of nitrogens with zero attached hydrogens (tertiary/aromatic N) is 3. The summed E-state index contributed by atoms with van der Waals surface area (Å²) in [5, 5.41) is 10.4. The maximum absolute atomic E-state index is 12.3. The molecule has 2 aromatic rings. The number of likely N-dealkylation sites (tertiary alicyclic amines) is 1.